The number of halogens is 2. The lowest BCUT2D eigenvalue weighted by Gasteiger charge is -2.30. The van der Waals surface area contributed by atoms with Gasteiger partial charge in [0.15, 0.2) is 5.82 Å². The number of benzene rings is 1. The molecule has 1 aromatic carbocycles. The predicted octanol–water partition coefficient (Wildman–Crippen LogP) is 3.30. The molecule has 0 spiro atoms. The first-order valence-corrected chi connectivity index (χ1v) is 6.65. The Morgan fingerprint density at radius 1 is 1.56 bits per heavy atom. The predicted molar refractivity (Wildman–Crippen MR) is 70.8 cm³/mol. The second-order valence-electron chi connectivity index (χ2n) is 4.49. The molecular weight excluding hydrogens is 299 g/mol. The zero-order chi connectivity index (χ0) is 13.1. The van der Waals surface area contributed by atoms with Crippen molar-refractivity contribution >= 4 is 21.6 Å². The summed E-state index contributed by atoms with van der Waals surface area (Å²) in [5.41, 5.74) is 0.734. The summed E-state index contributed by atoms with van der Waals surface area (Å²) in [5.74, 6) is -0.0692. The Labute approximate surface area is 114 Å². The molecule has 1 fully saturated rings. The van der Waals surface area contributed by atoms with Gasteiger partial charge in [-0.2, -0.15) is 5.26 Å². The fraction of sp³-hybridized carbons (Fsp3) is 0.462. The maximum absolute atomic E-state index is 14.0. The van der Waals surface area contributed by atoms with E-state index in [1.807, 2.05) is 6.07 Å². The van der Waals surface area contributed by atoms with Gasteiger partial charge in [0.05, 0.1) is 22.3 Å². The Kier molecular flexibility index (Phi) is 4.20. The van der Waals surface area contributed by atoms with Crippen molar-refractivity contribution in [2.24, 2.45) is 5.92 Å². The van der Waals surface area contributed by atoms with E-state index in [9.17, 15) is 4.39 Å². The van der Waals surface area contributed by atoms with Gasteiger partial charge in [-0.3, -0.25) is 0 Å². The molecule has 0 aromatic heterocycles. The summed E-state index contributed by atoms with van der Waals surface area (Å²) in [5, 5.41) is 12.0. The number of hydrogen-bond acceptors (Lipinski definition) is 3. The van der Waals surface area contributed by atoms with Gasteiger partial charge in [0.2, 0.25) is 0 Å². The molecule has 1 heterocycles. The van der Waals surface area contributed by atoms with E-state index in [4.69, 9.17) is 10.00 Å². The molecule has 3 nitrogen and oxygen atoms in total. The quantitative estimate of drug-likeness (QED) is 0.911. The van der Waals surface area contributed by atoms with Crippen LogP contribution in [-0.2, 0) is 4.74 Å². The SMILES string of the molecule is CC1COCCC1Nc1ccc(C#N)c(Br)c1F. The number of ether oxygens (including phenoxy) is 1. The number of rotatable bonds is 2. The van der Waals surface area contributed by atoms with Gasteiger partial charge in [-0.05, 0) is 40.4 Å². The lowest BCUT2D eigenvalue weighted by atomic mass is 9.97. The molecule has 2 atom stereocenters. The molecule has 1 aliphatic rings. The van der Waals surface area contributed by atoms with Gasteiger partial charge >= 0.3 is 0 Å². The van der Waals surface area contributed by atoms with Crippen molar-refractivity contribution in [3.63, 3.8) is 0 Å². The summed E-state index contributed by atoms with van der Waals surface area (Å²) in [7, 11) is 0. The van der Waals surface area contributed by atoms with Crippen molar-refractivity contribution in [2.45, 2.75) is 19.4 Å². The molecule has 0 bridgehead atoms. The van der Waals surface area contributed by atoms with E-state index in [0.29, 0.717) is 30.4 Å². The van der Waals surface area contributed by atoms with E-state index >= 15 is 0 Å². The third-order valence-corrected chi connectivity index (χ3v) is 3.96. The molecule has 0 radical (unpaired) electrons. The van der Waals surface area contributed by atoms with E-state index in [0.717, 1.165) is 6.42 Å². The van der Waals surface area contributed by atoms with Crippen molar-refractivity contribution in [3.8, 4) is 6.07 Å². The highest BCUT2D eigenvalue weighted by molar-refractivity contribution is 9.10. The van der Waals surface area contributed by atoms with Crippen molar-refractivity contribution < 1.29 is 9.13 Å². The minimum atomic E-state index is -0.409. The maximum Gasteiger partial charge on any atom is 0.161 e. The van der Waals surface area contributed by atoms with E-state index in [-0.39, 0.29) is 10.5 Å². The molecule has 1 aliphatic heterocycles. The zero-order valence-corrected chi connectivity index (χ0v) is 11.6. The standard InChI is InChI=1S/C13H14BrFN2O/c1-8-7-18-5-4-10(8)17-11-3-2-9(6-16)12(14)13(11)15/h2-3,8,10,17H,4-5,7H2,1H3. The summed E-state index contributed by atoms with van der Waals surface area (Å²) in [6, 6.07) is 5.37. The minimum Gasteiger partial charge on any atom is -0.381 e. The van der Waals surface area contributed by atoms with Crippen molar-refractivity contribution in [1.82, 2.24) is 0 Å². The van der Waals surface area contributed by atoms with Gasteiger partial charge in [-0.15, -0.1) is 0 Å². The van der Waals surface area contributed by atoms with Crippen molar-refractivity contribution in [3.05, 3.63) is 28.0 Å². The molecular formula is C13H14BrFN2O. The minimum absolute atomic E-state index is 0.202. The van der Waals surface area contributed by atoms with E-state index in [2.05, 4.69) is 28.2 Å². The number of anilines is 1. The van der Waals surface area contributed by atoms with Crippen LogP contribution in [0.15, 0.2) is 16.6 Å². The Morgan fingerprint density at radius 3 is 3.00 bits per heavy atom. The monoisotopic (exact) mass is 312 g/mol. The highest BCUT2D eigenvalue weighted by Crippen LogP contribution is 2.28. The highest BCUT2D eigenvalue weighted by Gasteiger charge is 2.23. The molecule has 96 valence electrons. The van der Waals surface area contributed by atoms with Gasteiger partial charge in [0.25, 0.3) is 0 Å². The summed E-state index contributed by atoms with van der Waals surface area (Å²) in [6.45, 7) is 3.46. The number of hydrogen-bond donors (Lipinski definition) is 1. The molecule has 18 heavy (non-hydrogen) atoms. The van der Waals surface area contributed by atoms with Crippen LogP contribution in [0.4, 0.5) is 10.1 Å². The topological polar surface area (TPSA) is 45.0 Å². The molecule has 1 N–H and O–H groups in total. The smallest absolute Gasteiger partial charge is 0.161 e. The third-order valence-electron chi connectivity index (χ3n) is 3.18. The zero-order valence-electron chi connectivity index (χ0n) is 10.0. The number of nitrogens with zero attached hydrogens (tertiary/aromatic N) is 1. The van der Waals surface area contributed by atoms with E-state index in [1.165, 1.54) is 0 Å². The van der Waals surface area contributed by atoms with Crippen LogP contribution in [0.1, 0.15) is 18.9 Å². The van der Waals surface area contributed by atoms with Gasteiger partial charge in [-0.1, -0.05) is 6.92 Å². The molecule has 1 saturated heterocycles. The van der Waals surface area contributed by atoms with Gasteiger partial charge in [0.1, 0.15) is 6.07 Å². The maximum atomic E-state index is 14.0. The third kappa shape index (κ3) is 2.65. The first-order chi connectivity index (χ1) is 8.63. The number of nitriles is 1. The second-order valence-corrected chi connectivity index (χ2v) is 5.29. The van der Waals surface area contributed by atoms with Crippen LogP contribution in [-0.4, -0.2) is 19.3 Å². The summed E-state index contributed by atoms with van der Waals surface area (Å²) < 4.78 is 19.6. The van der Waals surface area contributed by atoms with Crippen LogP contribution in [0.25, 0.3) is 0 Å². The largest absolute Gasteiger partial charge is 0.381 e. The highest BCUT2D eigenvalue weighted by atomic mass is 79.9. The van der Waals surface area contributed by atoms with Crippen LogP contribution < -0.4 is 5.32 Å². The molecule has 0 saturated carbocycles. The van der Waals surface area contributed by atoms with Crippen LogP contribution in [0.2, 0.25) is 0 Å². The van der Waals surface area contributed by atoms with Gasteiger partial charge in [-0.25, -0.2) is 4.39 Å². The van der Waals surface area contributed by atoms with Crippen LogP contribution in [0, 0.1) is 23.1 Å². The van der Waals surface area contributed by atoms with Gasteiger partial charge in [0, 0.05) is 12.6 Å². The average Bonchev–Trinajstić information content (AvgIpc) is 2.38. The summed E-state index contributed by atoms with van der Waals surface area (Å²) in [4.78, 5) is 0. The van der Waals surface area contributed by atoms with Crippen LogP contribution >= 0.6 is 15.9 Å². The van der Waals surface area contributed by atoms with Gasteiger partial charge < -0.3 is 10.1 Å². The first kappa shape index (κ1) is 13.3. The molecule has 1 aromatic rings. The fourth-order valence-corrected chi connectivity index (χ4v) is 2.48. The summed E-state index contributed by atoms with van der Waals surface area (Å²) >= 11 is 3.11. The molecule has 0 aliphatic carbocycles. The second kappa shape index (κ2) is 5.68. The lowest BCUT2D eigenvalue weighted by molar-refractivity contribution is 0.0537. The normalized spacial score (nSPS) is 23.4. The Balaban J connectivity index is 2.19. The molecule has 2 unspecified atom stereocenters. The van der Waals surface area contributed by atoms with Crippen LogP contribution in [0.3, 0.4) is 0 Å². The molecule has 5 heteroatoms. The first-order valence-electron chi connectivity index (χ1n) is 5.86. The Hall–Kier alpha value is -1.12. The summed E-state index contributed by atoms with van der Waals surface area (Å²) in [6.07, 6.45) is 0.859. The Bertz CT molecular complexity index is 487. The average molecular weight is 313 g/mol. The molecule has 2 rings (SSSR count). The Morgan fingerprint density at radius 2 is 2.33 bits per heavy atom. The fourth-order valence-electron chi connectivity index (χ4n) is 2.04. The van der Waals surface area contributed by atoms with E-state index in [1.54, 1.807) is 12.1 Å². The van der Waals surface area contributed by atoms with Crippen molar-refractivity contribution in [2.75, 3.05) is 18.5 Å². The van der Waals surface area contributed by atoms with E-state index < -0.39 is 5.82 Å². The number of nitrogens with one attached hydrogen (secondary N) is 1. The van der Waals surface area contributed by atoms with Crippen molar-refractivity contribution in [1.29, 1.82) is 5.26 Å². The van der Waals surface area contributed by atoms with Crippen LogP contribution in [0.5, 0.6) is 0 Å². The molecule has 0 amide bonds. The lowest BCUT2D eigenvalue weighted by Crippen LogP contribution is -2.36.